The van der Waals surface area contributed by atoms with Crippen LogP contribution in [0.5, 0.6) is 17.2 Å². The molecular formula is C20H18F3NO6. The number of carbonyl (C=O) groups is 2. The van der Waals surface area contributed by atoms with Gasteiger partial charge in [0.2, 0.25) is 0 Å². The number of nitrogens with one attached hydrogen (secondary N) is 1. The zero-order valence-corrected chi connectivity index (χ0v) is 16.0. The molecule has 0 heterocycles. The highest BCUT2D eigenvalue weighted by Crippen LogP contribution is 2.25. The van der Waals surface area contributed by atoms with Crippen molar-refractivity contribution in [2.45, 2.75) is 6.36 Å². The van der Waals surface area contributed by atoms with E-state index < -0.39 is 30.6 Å². The maximum absolute atomic E-state index is 12.1. The van der Waals surface area contributed by atoms with Crippen LogP contribution in [0.4, 0.5) is 18.9 Å². The van der Waals surface area contributed by atoms with Gasteiger partial charge >= 0.3 is 12.3 Å². The standard InChI is InChI=1S/C20H18F3NO6/c1-27-16-8-9-17(28-2)13(11-16)3-10-19(26)29-12-18(25)24-14-4-6-15(7-5-14)30-20(21,22)23/h3-11H,12H2,1-2H3,(H,24,25). The van der Waals surface area contributed by atoms with Crippen molar-refractivity contribution in [3.63, 3.8) is 0 Å². The van der Waals surface area contributed by atoms with Crippen LogP contribution in [0.3, 0.4) is 0 Å². The first kappa shape index (κ1) is 22.6. The van der Waals surface area contributed by atoms with Crippen LogP contribution in [-0.2, 0) is 14.3 Å². The van der Waals surface area contributed by atoms with E-state index >= 15 is 0 Å². The van der Waals surface area contributed by atoms with Gasteiger partial charge in [0.15, 0.2) is 6.61 Å². The normalized spacial score (nSPS) is 11.1. The summed E-state index contributed by atoms with van der Waals surface area (Å²) in [4.78, 5) is 23.6. The van der Waals surface area contributed by atoms with Gasteiger partial charge in [-0.25, -0.2) is 4.79 Å². The van der Waals surface area contributed by atoms with Crippen LogP contribution in [0.25, 0.3) is 6.08 Å². The average molecular weight is 425 g/mol. The molecule has 2 aromatic rings. The second-order valence-electron chi connectivity index (χ2n) is 5.67. The maximum atomic E-state index is 12.1. The number of methoxy groups -OCH3 is 2. The number of rotatable bonds is 8. The Balaban J connectivity index is 1.86. The minimum atomic E-state index is -4.80. The number of esters is 1. The molecule has 0 aliphatic carbocycles. The van der Waals surface area contributed by atoms with Crippen molar-refractivity contribution in [1.29, 1.82) is 0 Å². The van der Waals surface area contributed by atoms with Gasteiger partial charge in [0.1, 0.15) is 17.2 Å². The molecule has 1 N–H and O–H groups in total. The fourth-order valence-electron chi connectivity index (χ4n) is 2.25. The lowest BCUT2D eigenvalue weighted by atomic mass is 10.1. The molecule has 0 bridgehead atoms. The number of amides is 1. The van der Waals surface area contributed by atoms with Crippen molar-refractivity contribution in [1.82, 2.24) is 0 Å². The maximum Gasteiger partial charge on any atom is 0.573 e. The fraction of sp³-hybridized carbons (Fsp3) is 0.200. The highest BCUT2D eigenvalue weighted by atomic mass is 19.4. The Kier molecular flexibility index (Phi) is 7.68. The average Bonchev–Trinajstić information content (AvgIpc) is 2.70. The Morgan fingerprint density at radius 1 is 1.00 bits per heavy atom. The Bertz CT molecular complexity index is 910. The second kappa shape index (κ2) is 10.2. The van der Waals surface area contributed by atoms with E-state index in [9.17, 15) is 22.8 Å². The number of carbonyl (C=O) groups excluding carboxylic acids is 2. The molecule has 10 heteroatoms. The Morgan fingerprint density at radius 3 is 2.27 bits per heavy atom. The number of benzene rings is 2. The van der Waals surface area contributed by atoms with Crippen molar-refractivity contribution < 1.29 is 41.7 Å². The van der Waals surface area contributed by atoms with Crippen molar-refractivity contribution in [3.05, 3.63) is 54.1 Å². The summed E-state index contributed by atoms with van der Waals surface area (Å²) in [5.74, 6) is -0.792. The van der Waals surface area contributed by atoms with Gasteiger partial charge in [-0.1, -0.05) is 0 Å². The first-order valence-electron chi connectivity index (χ1n) is 8.42. The van der Waals surface area contributed by atoms with Gasteiger partial charge in [0.25, 0.3) is 5.91 Å². The van der Waals surface area contributed by atoms with Crippen molar-refractivity contribution in [2.24, 2.45) is 0 Å². The predicted octanol–water partition coefficient (Wildman–Crippen LogP) is 3.80. The SMILES string of the molecule is COc1ccc(OC)c(C=CC(=O)OCC(=O)Nc2ccc(OC(F)(F)F)cc2)c1. The third-order valence-corrected chi connectivity index (χ3v) is 3.55. The zero-order chi connectivity index (χ0) is 22.1. The van der Waals surface area contributed by atoms with Crippen LogP contribution >= 0.6 is 0 Å². The smallest absolute Gasteiger partial charge is 0.497 e. The molecule has 0 aliphatic rings. The number of hydrogen-bond donors (Lipinski definition) is 1. The minimum Gasteiger partial charge on any atom is -0.497 e. The number of ether oxygens (including phenoxy) is 4. The molecule has 1 amide bonds. The van der Waals surface area contributed by atoms with E-state index in [1.54, 1.807) is 18.2 Å². The molecule has 0 atom stereocenters. The van der Waals surface area contributed by atoms with E-state index in [0.29, 0.717) is 17.1 Å². The molecular weight excluding hydrogens is 407 g/mol. The largest absolute Gasteiger partial charge is 0.573 e. The predicted molar refractivity (Wildman–Crippen MR) is 101 cm³/mol. The molecule has 2 aromatic carbocycles. The Morgan fingerprint density at radius 2 is 1.67 bits per heavy atom. The summed E-state index contributed by atoms with van der Waals surface area (Å²) in [7, 11) is 2.97. The van der Waals surface area contributed by atoms with Gasteiger partial charge in [-0.3, -0.25) is 4.79 Å². The van der Waals surface area contributed by atoms with Crippen LogP contribution in [0.2, 0.25) is 0 Å². The fourth-order valence-corrected chi connectivity index (χ4v) is 2.25. The molecule has 0 radical (unpaired) electrons. The molecule has 0 aromatic heterocycles. The van der Waals surface area contributed by atoms with E-state index in [2.05, 4.69) is 10.1 Å². The summed E-state index contributed by atoms with van der Waals surface area (Å²) in [6.07, 6.45) is -2.24. The quantitative estimate of drug-likeness (QED) is 0.512. The lowest BCUT2D eigenvalue weighted by molar-refractivity contribution is -0.274. The summed E-state index contributed by atoms with van der Waals surface area (Å²) >= 11 is 0. The van der Waals surface area contributed by atoms with Crippen LogP contribution in [0.1, 0.15) is 5.56 Å². The first-order chi connectivity index (χ1) is 14.2. The van der Waals surface area contributed by atoms with Gasteiger partial charge in [-0.05, 0) is 48.5 Å². The lowest BCUT2D eigenvalue weighted by Gasteiger charge is -2.10. The molecule has 0 aliphatic heterocycles. The van der Waals surface area contributed by atoms with E-state index in [0.717, 1.165) is 18.2 Å². The van der Waals surface area contributed by atoms with Gasteiger partial charge in [0, 0.05) is 17.3 Å². The highest BCUT2D eigenvalue weighted by Gasteiger charge is 2.30. The molecule has 0 fully saturated rings. The molecule has 160 valence electrons. The minimum absolute atomic E-state index is 0.210. The third-order valence-electron chi connectivity index (χ3n) is 3.55. The van der Waals surface area contributed by atoms with Gasteiger partial charge in [-0.15, -0.1) is 13.2 Å². The summed E-state index contributed by atoms with van der Waals surface area (Å²) in [6.45, 7) is -0.584. The van der Waals surface area contributed by atoms with Crippen molar-refractivity contribution in [3.8, 4) is 17.2 Å². The van der Waals surface area contributed by atoms with Gasteiger partial charge in [0.05, 0.1) is 14.2 Å². The Labute approximate surface area is 170 Å². The third kappa shape index (κ3) is 7.38. The summed E-state index contributed by atoms with van der Waals surface area (Å²) < 4.78 is 55.2. The van der Waals surface area contributed by atoms with Crippen molar-refractivity contribution in [2.75, 3.05) is 26.1 Å². The van der Waals surface area contributed by atoms with E-state index in [-0.39, 0.29) is 5.69 Å². The number of alkyl halides is 3. The number of halogens is 3. The molecule has 0 unspecified atom stereocenters. The summed E-state index contributed by atoms with van der Waals surface area (Å²) in [6, 6.07) is 9.54. The molecule has 0 saturated carbocycles. The molecule has 0 spiro atoms. The van der Waals surface area contributed by atoms with Crippen molar-refractivity contribution >= 4 is 23.6 Å². The molecule has 7 nitrogen and oxygen atoms in total. The topological polar surface area (TPSA) is 83.1 Å². The summed E-state index contributed by atoms with van der Waals surface area (Å²) in [5.41, 5.74) is 0.779. The molecule has 2 rings (SSSR count). The molecule has 30 heavy (non-hydrogen) atoms. The number of anilines is 1. The Hall–Kier alpha value is -3.69. The van der Waals surface area contributed by atoms with Crippen LogP contribution in [-0.4, -0.2) is 39.1 Å². The second-order valence-corrected chi connectivity index (χ2v) is 5.67. The van der Waals surface area contributed by atoms with Crippen LogP contribution in [0, 0.1) is 0 Å². The van der Waals surface area contributed by atoms with Crippen LogP contribution < -0.4 is 19.5 Å². The van der Waals surface area contributed by atoms with E-state index in [1.807, 2.05) is 0 Å². The monoisotopic (exact) mass is 425 g/mol. The van der Waals surface area contributed by atoms with Crippen LogP contribution in [0.15, 0.2) is 48.5 Å². The number of hydrogen-bond acceptors (Lipinski definition) is 6. The first-order valence-corrected chi connectivity index (χ1v) is 8.42. The van der Waals surface area contributed by atoms with E-state index in [4.69, 9.17) is 14.2 Å². The lowest BCUT2D eigenvalue weighted by Crippen LogP contribution is -2.20. The van der Waals surface area contributed by atoms with Gasteiger partial charge in [-0.2, -0.15) is 0 Å². The zero-order valence-electron chi connectivity index (χ0n) is 16.0. The molecule has 0 saturated heterocycles. The van der Waals surface area contributed by atoms with E-state index in [1.165, 1.54) is 32.4 Å². The summed E-state index contributed by atoms with van der Waals surface area (Å²) in [5, 5.41) is 2.38. The van der Waals surface area contributed by atoms with Gasteiger partial charge < -0.3 is 24.3 Å². The highest BCUT2D eigenvalue weighted by molar-refractivity contribution is 5.94.